The number of nitrogens with zero attached hydrogens (tertiary/aromatic N) is 6. The van der Waals surface area contributed by atoms with Crippen LogP contribution < -0.4 is 10.1 Å². The topological polar surface area (TPSA) is 136 Å². The number of hydrogen-bond acceptors (Lipinski definition) is 9. The van der Waals surface area contributed by atoms with Crippen LogP contribution in [0.5, 0.6) is 11.6 Å². The van der Waals surface area contributed by atoms with E-state index in [1.54, 1.807) is 36.5 Å². The summed E-state index contributed by atoms with van der Waals surface area (Å²) in [6.45, 7) is 0.258. The molecule has 32 heavy (non-hydrogen) atoms. The Morgan fingerprint density at radius 3 is 2.62 bits per heavy atom. The van der Waals surface area contributed by atoms with Crippen molar-refractivity contribution in [3.8, 4) is 23.4 Å². The molecule has 160 valence electrons. The Kier molecular flexibility index (Phi) is 5.78. The fourth-order valence-electron chi connectivity index (χ4n) is 2.89. The maximum absolute atomic E-state index is 11.7. The van der Waals surface area contributed by atoms with Gasteiger partial charge in [-0.05, 0) is 59.0 Å². The molecule has 0 saturated carbocycles. The number of tetrazole rings is 1. The first-order valence-electron chi connectivity index (χ1n) is 9.39. The zero-order chi connectivity index (χ0) is 22.6. The van der Waals surface area contributed by atoms with Gasteiger partial charge in [-0.15, -0.1) is 5.10 Å². The Balaban J connectivity index is 1.54. The summed E-state index contributed by atoms with van der Waals surface area (Å²) in [5, 5.41) is 24.2. The lowest BCUT2D eigenvalue weighted by atomic mass is 10.2. The summed E-state index contributed by atoms with van der Waals surface area (Å²) in [4.78, 5) is 4.34. The molecule has 0 bridgehead atoms. The molecule has 0 fully saturated rings. The lowest BCUT2D eigenvalue weighted by molar-refractivity contribution is 0.463. The second-order valence-corrected chi connectivity index (χ2v) is 8.71. The number of rotatable bonds is 7. The van der Waals surface area contributed by atoms with Crippen LogP contribution in [-0.2, 0) is 16.4 Å². The molecule has 0 radical (unpaired) electrons. The molecule has 0 aliphatic heterocycles. The van der Waals surface area contributed by atoms with Gasteiger partial charge in [-0.2, -0.15) is 9.94 Å². The van der Waals surface area contributed by atoms with Crippen LogP contribution in [-0.4, -0.2) is 39.9 Å². The fourth-order valence-corrected chi connectivity index (χ4v) is 3.52. The monoisotopic (exact) mass is 447 g/mol. The summed E-state index contributed by atoms with van der Waals surface area (Å²) < 4.78 is 30.7. The van der Waals surface area contributed by atoms with E-state index in [4.69, 9.17) is 4.74 Å². The first-order chi connectivity index (χ1) is 15.5. The third kappa shape index (κ3) is 4.55. The van der Waals surface area contributed by atoms with Gasteiger partial charge in [-0.3, -0.25) is 0 Å². The molecule has 2 heterocycles. The molecule has 0 unspecified atom stereocenters. The maximum atomic E-state index is 11.7. The average molecular weight is 447 g/mol. The molecule has 0 spiro atoms. The van der Waals surface area contributed by atoms with Crippen LogP contribution in [0.4, 0.5) is 5.69 Å². The summed E-state index contributed by atoms with van der Waals surface area (Å²) in [5.41, 5.74) is 1.60. The normalized spacial score (nSPS) is 11.0. The van der Waals surface area contributed by atoms with Gasteiger partial charge >= 0.3 is 0 Å². The number of aromatic nitrogens is 5. The van der Waals surface area contributed by atoms with Crippen LogP contribution in [0.25, 0.3) is 5.69 Å². The van der Waals surface area contributed by atoms with Crippen LogP contribution in [0.15, 0.2) is 71.8 Å². The number of anilines is 1. The van der Waals surface area contributed by atoms with E-state index in [1.807, 2.05) is 18.2 Å². The highest BCUT2D eigenvalue weighted by Gasteiger charge is 2.13. The Bertz CT molecular complexity index is 1390. The number of nitrogens with one attached hydrogen (secondary N) is 1. The van der Waals surface area contributed by atoms with Crippen molar-refractivity contribution in [1.82, 2.24) is 25.2 Å². The van der Waals surface area contributed by atoms with Crippen LogP contribution in [0.1, 0.15) is 11.4 Å². The van der Waals surface area contributed by atoms with Crippen molar-refractivity contribution < 1.29 is 13.2 Å². The quantitative estimate of drug-likeness (QED) is 0.453. The average Bonchev–Trinajstić information content (AvgIpc) is 3.27. The van der Waals surface area contributed by atoms with Gasteiger partial charge in [-0.1, -0.05) is 12.1 Å². The van der Waals surface area contributed by atoms with Crippen molar-refractivity contribution in [2.45, 2.75) is 11.4 Å². The number of para-hydroxylation sites is 2. The standard InChI is InChI=1S/C21H17N7O3S/c1-32(29,30)17-10-8-16(9-11-17)28-20(25-26-27-28)14-24-18-6-2-3-7-19(18)31-21-15(13-22)5-4-12-23-21/h2-12,24H,14H2,1H3. The van der Waals surface area contributed by atoms with Crippen LogP contribution in [0.3, 0.4) is 0 Å². The van der Waals surface area contributed by atoms with Gasteiger partial charge in [0.05, 0.1) is 22.8 Å². The molecule has 0 saturated heterocycles. The van der Waals surface area contributed by atoms with E-state index in [-0.39, 0.29) is 17.3 Å². The Labute approximate surface area is 184 Å². The van der Waals surface area contributed by atoms with Gasteiger partial charge in [0.25, 0.3) is 0 Å². The number of ether oxygens (including phenoxy) is 1. The summed E-state index contributed by atoms with van der Waals surface area (Å²) in [6.07, 6.45) is 2.70. The van der Waals surface area contributed by atoms with Crippen molar-refractivity contribution in [3.63, 3.8) is 0 Å². The number of sulfone groups is 1. The largest absolute Gasteiger partial charge is 0.436 e. The van der Waals surface area contributed by atoms with Gasteiger partial charge in [0.2, 0.25) is 5.88 Å². The van der Waals surface area contributed by atoms with Gasteiger partial charge in [0, 0.05) is 12.5 Å². The molecule has 4 aromatic rings. The van der Waals surface area contributed by atoms with E-state index < -0.39 is 9.84 Å². The van der Waals surface area contributed by atoms with E-state index in [9.17, 15) is 13.7 Å². The van der Waals surface area contributed by atoms with Crippen molar-refractivity contribution in [3.05, 3.63) is 78.2 Å². The van der Waals surface area contributed by atoms with Gasteiger partial charge < -0.3 is 10.1 Å². The van der Waals surface area contributed by atoms with Gasteiger partial charge in [-0.25, -0.2) is 13.4 Å². The number of benzene rings is 2. The van der Waals surface area contributed by atoms with Crippen molar-refractivity contribution >= 4 is 15.5 Å². The molecule has 11 heteroatoms. The van der Waals surface area contributed by atoms with Crippen LogP contribution in [0, 0.1) is 11.3 Å². The van der Waals surface area contributed by atoms with E-state index in [0.717, 1.165) is 6.26 Å². The minimum Gasteiger partial charge on any atom is -0.436 e. The molecule has 4 rings (SSSR count). The highest BCUT2D eigenvalue weighted by Crippen LogP contribution is 2.30. The van der Waals surface area contributed by atoms with Crippen molar-refractivity contribution in [2.24, 2.45) is 0 Å². The van der Waals surface area contributed by atoms with E-state index in [2.05, 4.69) is 31.9 Å². The molecular weight excluding hydrogens is 430 g/mol. The second-order valence-electron chi connectivity index (χ2n) is 6.69. The predicted octanol–water partition coefficient (Wildman–Crippen LogP) is 2.74. The predicted molar refractivity (Wildman–Crippen MR) is 115 cm³/mol. The number of hydrogen-bond donors (Lipinski definition) is 1. The highest BCUT2D eigenvalue weighted by atomic mass is 32.2. The van der Waals surface area contributed by atoms with Crippen molar-refractivity contribution in [2.75, 3.05) is 11.6 Å². The maximum Gasteiger partial charge on any atom is 0.237 e. The lowest BCUT2D eigenvalue weighted by Crippen LogP contribution is -2.09. The van der Waals surface area contributed by atoms with Crippen molar-refractivity contribution in [1.29, 1.82) is 5.26 Å². The first kappa shape index (κ1) is 21.0. The molecule has 10 nitrogen and oxygen atoms in total. The summed E-state index contributed by atoms with van der Waals surface area (Å²) in [7, 11) is -3.29. The molecule has 2 aromatic heterocycles. The smallest absolute Gasteiger partial charge is 0.237 e. The highest BCUT2D eigenvalue weighted by molar-refractivity contribution is 7.90. The third-order valence-corrected chi connectivity index (χ3v) is 5.59. The molecule has 1 N–H and O–H groups in total. The summed E-state index contributed by atoms with van der Waals surface area (Å²) in [6, 6.07) is 18.9. The third-order valence-electron chi connectivity index (χ3n) is 4.47. The van der Waals surface area contributed by atoms with Crippen LogP contribution in [0.2, 0.25) is 0 Å². The Morgan fingerprint density at radius 2 is 1.88 bits per heavy atom. The number of nitriles is 1. The lowest BCUT2D eigenvalue weighted by Gasteiger charge is -2.13. The molecule has 0 aliphatic carbocycles. The van der Waals surface area contributed by atoms with E-state index in [1.165, 1.54) is 16.8 Å². The molecule has 0 aliphatic rings. The van der Waals surface area contributed by atoms with Crippen LogP contribution >= 0.6 is 0 Å². The molecule has 0 atom stereocenters. The van der Waals surface area contributed by atoms with Gasteiger partial charge in [0.15, 0.2) is 21.4 Å². The minimum absolute atomic E-state index is 0.208. The Morgan fingerprint density at radius 1 is 1.09 bits per heavy atom. The number of pyridine rings is 1. The first-order valence-corrected chi connectivity index (χ1v) is 11.3. The summed E-state index contributed by atoms with van der Waals surface area (Å²) >= 11 is 0. The van der Waals surface area contributed by atoms with Gasteiger partial charge in [0.1, 0.15) is 11.6 Å². The molecule has 2 aromatic carbocycles. The SMILES string of the molecule is CS(=O)(=O)c1ccc(-n2nnnc2CNc2ccccc2Oc2ncccc2C#N)cc1. The molecular formula is C21H17N7O3S. The Hall–Kier alpha value is -4.30. The summed E-state index contributed by atoms with van der Waals surface area (Å²) in [5.74, 6) is 1.20. The zero-order valence-corrected chi connectivity index (χ0v) is 17.7. The fraction of sp³-hybridized carbons (Fsp3) is 0.0952. The van der Waals surface area contributed by atoms with E-state index >= 15 is 0 Å². The molecule has 0 amide bonds. The van der Waals surface area contributed by atoms with E-state index in [0.29, 0.717) is 28.5 Å². The zero-order valence-electron chi connectivity index (χ0n) is 16.9. The second kappa shape index (κ2) is 8.83. The minimum atomic E-state index is -3.29.